The second-order valence-electron chi connectivity index (χ2n) is 3.81. The Morgan fingerprint density at radius 2 is 1.94 bits per heavy atom. The highest BCUT2D eigenvalue weighted by Crippen LogP contribution is 2.26. The monoisotopic (exact) mass is 255 g/mol. The molecule has 0 saturated carbocycles. The van der Waals surface area contributed by atoms with Crippen molar-refractivity contribution in [2.24, 2.45) is 5.73 Å². The van der Waals surface area contributed by atoms with E-state index in [-0.39, 0.29) is 5.02 Å². The van der Waals surface area contributed by atoms with Crippen LogP contribution >= 0.6 is 11.6 Å². The summed E-state index contributed by atoms with van der Waals surface area (Å²) in [5.41, 5.74) is 2.74. The largest absolute Gasteiger partial charge is 0.320 e. The summed E-state index contributed by atoms with van der Waals surface area (Å²) in [5.74, 6) is -1.97. The lowest BCUT2D eigenvalue weighted by Crippen LogP contribution is -2.46. The first kappa shape index (κ1) is 13.3. The second kappa shape index (κ2) is 4.59. The molecule has 0 amide bonds. The van der Waals surface area contributed by atoms with E-state index < -0.39 is 35.6 Å². The summed E-state index contributed by atoms with van der Waals surface area (Å²) < 4.78 is 51.5. The van der Waals surface area contributed by atoms with Crippen LogP contribution in [0.4, 0.5) is 17.6 Å². The average molecular weight is 256 g/mol. The molecule has 1 aromatic carbocycles. The third-order valence-electron chi connectivity index (χ3n) is 2.20. The van der Waals surface area contributed by atoms with Gasteiger partial charge >= 0.3 is 0 Å². The van der Waals surface area contributed by atoms with Crippen LogP contribution in [0.2, 0.25) is 5.02 Å². The van der Waals surface area contributed by atoms with E-state index in [9.17, 15) is 17.6 Å². The van der Waals surface area contributed by atoms with E-state index in [0.29, 0.717) is 0 Å². The maximum atomic E-state index is 13.4. The van der Waals surface area contributed by atoms with Crippen molar-refractivity contribution in [3.8, 4) is 0 Å². The molecule has 0 spiro atoms. The molecule has 0 aliphatic heterocycles. The Morgan fingerprint density at radius 3 is 2.44 bits per heavy atom. The quantitative estimate of drug-likeness (QED) is 0.652. The van der Waals surface area contributed by atoms with Crippen molar-refractivity contribution in [1.82, 2.24) is 0 Å². The van der Waals surface area contributed by atoms with Gasteiger partial charge in [-0.05, 0) is 19.1 Å². The zero-order chi connectivity index (χ0) is 12.5. The molecule has 0 fully saturated rings. The smallest absolute Gasteiger partial charge is 0.256 e. The Balaban J connectivity index is 3.11. The minimum Gasteiger partial charge on any atom is -0.320 e. The molecule has 1 nitrogen and oxygen atoms in total. The molecule has 0 aliphatic rings. The fourth-order valence-corrected chi connectivity index (χ4v) is 1.37. The normalized spacial score (nSPS) is 15.2. The SMILES string of the molecule is CC(N)(Cc1c(F)ccc(Cl)c1F)C(F)F. The molecule has 0 saturated heterocycles. The maximum absolute atomic E-state index is 13.4. The molecule has 0 aromatic heterocycles. The summed E-state index contributed by atoms with van der Waals surface area (Å²) in [6, 6.07) is 1.94. The molecule has 0 radical (unpaired) electrons. The molecule has 1 rings (SSSR count). The Hall–Kier alpha value is -0.810. The minimum absolute atomic E-state index is 0.318. The third-order valence-corrected chi connectivity index (χ3v) is 2.49. The van der Waals surface area contributed by atoms with Crippen LogP contribution in [0.25, 0.3) is 0 Å². The lowest BCUT2D eigenvalue weighted by atomic mass is 9.94. The molecule has 16 heavy (non-hydrogen) atoms. The predicted octanol–water partition coefficient (Wildman–Crippen LogP) is 3.14. The zero-order valence-corrected chi connectivity index (χ0v) is 9.16. The van der Waals surface area contributed by atoms with E-state index in [0.717, 1.165) is 19.1 Å². The van der Waals surface area contributed by atoms with Crippen LogP contribution in [-0.4, -0.2) is 12.0 Å². The molecule has 0 heterocycles. The molecule has 1 unspecified atom stereocenters. The van der Waals surface area contributed by atoms with Crippen LogP contribution in [-0.2, 0) is 6.42 Å². The maximum Gasteiger partial charge on any atom is 0.256 e. The number of halogens is 5. The molecule has 90 valence electrons. The molecule has 1 aromatic rings. The van der Waals surface area contributed by atoms with Crippen LogP contribution in [0, 0.1) is 11.6 Å². The van der Waals surface area contributed by atoms with E-state index in [1.54, 1.807) is 0 Å². The van der Waals surface area contributed by atoms with Gasteiger partial charge in [0.15, 0.2) is 0 Å². The van der Waals surface area contributed by atoms with Gasteiger partial charge in [-0.25, -0.2) is 17.6 Å². The number of alkyl halides is 2. The lowest BCUT2D eigenvalue weighted by Gasteiger charge is -2.24. The minimum atomic E-state index is -2.88. The van der Waals surface area contributed by atoms with Gasteiger partial charge in [0, 0.05) is 12.0 Å². The van der Waals surface area contributed by atoms with Crippen LogP contribution < -0.4 is 5.73 Å². The summed E-state index contributed by atoms with van der Waals surface area (Å²) >= 11 is 5.42. The van der Waals surface area contributed by atoms with Crippen LogP contribution in [0.15, 0.2) is 12.1 Å². The highest BCUT2D eigenvalue weighted by Gasteiger charge is 2.33. The fraction of sp³-hybridized carbons (Fsp3) is 0.400. The standard InChI is InChI=1S/C10H10ClF4N/c1-10(16,9(14)15)4-5-7(12)3-2-6(11)8(5)13/h2-3,9H,4,16H2,1H3. The van der Waals surface area contributed by atoms with Gasteiger partial charge in [-0.2, -0.15) is 0 Å². The number of benzene rings is 1. The number of nitrogens with two attached hydrogens (primary N) is 1. The van der Waals surface area contributed by atoms with E-state index in [1.807, 2.05) is 0 Å². The van der Waals surface area contributed by atoms with Gasteiger partial charge < -0.3 is 5.73 Å². The first-order valence-electron chi connectivity index (χ1n) is 4.45. The second-order valence-corrected chi connectivity index (χ2v) is 4.21. The lowest BCUT2D eigenvalue weighted by molar-refractivity contribution is 0.0630. The number of hydrogen-bond acceptors (Lipinski definition) is 1. The van der Waals surface area contributed by atoms with Crippen molar-refractivity contribution in [2.45, 2.75) is 25.3 Å². The van der Waals surface area contributed by atoms with Crippen molar-refractivity contribution in [2.75, 3.05) is 0 Å². The van der Waals surface area contributed by atoms with Crippen molar-refractivity contribution in [1.29, 1.82) is 0 Å². The van der Waals surface area contributed by atoms with Crippen molar-refractivity contribution in [3.05, 3.63) is 34.4 Å². The van der Waals surface area contributed by atoms with E-state index in [4.69, 9.17) is 17.3 Å². The summed E-state index contributed by atoms with van der Waals surface area (Å²) in [4.78, 5) is 0. The van der Waals surface area contributed by atoms with Crippen molar-refractivity contribution in [3.63, 3.8) is 0 Å². The average Bonchev–Trinajstić information content (AvgIpc) is 2.18. The van der Waals surface area contributed by atoms with E-state index in [2.05, 4.69) is 0 Å². The van der Waals surface area contributed by atoms with Crippen LogP contribution in [0.1, 0.15) is 12.5 Å². The Kier molecular flexibility index (Phi) is 3.80. The van der Waals surface area contributed by atoms with Gasteiger partial charge in [0.2, 0.25) is 0 Å². The van der Waals surface area contributed by atoms with Crippen molar-refractivity contribution < 1.29 is 17.6 Å². The topological polar surface area (TPSA) is 26.0 Å². The molecule has 0 aliphatic carbocycles. The van der Waals surface area contributed by atoms with Gasteiger partial charge in [0.1, 0.15) is 11.6 Å². The van der Waals surface area contributed by atoms with Gasteiger partial charge in [-0.1, -0.05) is 11.6 Å². The summed E-state index contributed by atoms with van der Waals surface area (Å²) in [6.07, 6.45) is -3.51. The van der Waals surface area contributed by atoms with Crippen LogP contribution in [0.3, 0.4) is 0 Å². The Morgan fingerprint density at radius 1 is 1.38 bits per heavy atom. The van der Waals surface area contributed by atoms with Gasteiger partial charge in [-0.15, -0.1) is 0 Å². The van der Waals surface area contributed by atoms with Crippen molar-refractivity contribution >= 4 is 11.6 Å². The Labute approximate surface area is 95.2 Å². The number of rotatable bonds is 3. The molecular formula is C10H10ClF4N. The summed E-state index contributed by atoms with van der Waals surface area (Å²) in [5, 5.41) is -0.318. The molecule has 6 heteroatoms. The highest BCUT2D eigenvalue weighted by atomic mass is 35.5. The predicted molar refractivity (Wildman–Crippen MR) is 53.7 cm³/mol. The third kappa shape index (κ3) is 2.65. The first-order valence-corrected chi connectivity index (χ1v) is 4.83. The number of hydrogen-bond donors (Lipinski definition) is 1. The van der Waals surface area contributed by atoms with E-state index >= 15 is 0 Å². The fourth-order valence-electron chi connectivity index (χ4n) is 1.19. The molecular weight excluding hydrogens is 246 g/mol. The van der Waals surface area contributed by atoms with E-state index in [1.165, 1.54) is 0 Å². The molecule has 1 atom stereocenters. The van der Waals surface area contributed by atoms with Gasteiger partial charge in [0.25, 0.3) is 6.43 Å². The first-order chi connectivity index (χ1) is 7.25. The summed E-state index contributed by atoms with van der Waals surface area (Å²) in [6.45, 7) is 1.03. The summed E-state index contributed by atoms with van der Waals surface area (Å²) in [7, 11) is 0. The zero-order valence-electron chi connectivity index (χ0n) is 8.41. The van der Waals surface area contributed by atoms with Crippen LogP contribution in [0.5, 0.6) is 0 Å². The van der Waals surface area contributed by atoms with Gasteiger partial charge in [-0.3, -0.25) is 0 Å². The molecule has 0 bridgehead atoms. The highest BCUT2D eigenvalue weighted by molar-refractivity contribution is 6.30. The molecule has 2 N–H and O–H groups in total. The van der Waals surface area contributed by atoms with Gasteiger partial charge in [0.05, 0.1) is 10.6 Å². The Bertz CT molecular complexity index is 393.